The number of ether oxygens (including phenoxy) is 1. The van der Waals surface area contributed by atoms with Gasteiger partial charge in [0.15, 0.2) is 0 Å². The van der Waals surface area contributed by atoms with E-state index in [0.29, 0.717) is 12.1 Å². The molecule has 2 atom stereocenters. The molecular formula is C16H27NOS. The Morgan fingerprint density at radius 2 is 2.00 bits per heavy atom. The molecule has 0 saturated carbocycles. The van der Waals surface area contributed by atoms with Crippen molar-refractivity contribution in [3.05, 3.63) is 21.4 Å². The van der Waals surface area contributed by atoms with Gasteiger partial charge in [0, 0.05) is 35.4 Å². The molecule has 2 rings (SSSR count). The molecule has 1 aliphatic heterocycles. The quantitative estimate of drug-likeness (QED) is 0.887. The topological polar surface area (TPSA) is 21.3 Å². The van der Waals surface area contributed by atoms with Gasteiger partial charge in [-0.05, 0) is 50.7 Å². The van der Waals surface area contributed by atoms with E-state index in [0.717, 1.165) is 25.4 Å². The number of aryl methyl sites for hydroxylation is 1. The van der Waals surface area contributed by atoms with Crippen LogP contribution in [-0.4, -0.2) is 25.8 Å². The minimum atomic E-state index is 0.633. The maximum absolute atomic E-state index is 5.27. The lowest BCUT2D eigenvalue weighted by molar-refractivity contribution is 0.202. The predicted octanol–water partition coefficient (Wildman–Crippen LogP) is 3.74. The highest BCUT2D eigenvalue weighted by Gasteiger charge is 2.27. The van der Waals surface area contributed by atoms with Gasteiger partial charge < -0.3 is 10.1 Å². The molecule has 19 heavy (non-hydrogen) atoms. The lowest BCUT2D eigenvalue weighted by Gasteiger charge is -2.33. The van der Waals surface area contributed by atoms with Crippen LogP contribution < -0.4 is 5.32 Å². The van der Waals surface area contributed by atoms with Gasteiger partial charge in [-0.1, -0.05) is 6.92 Å². The van der Waals surface area contributed by atoms with Crippen molar-refractivity contribution in [2.24, 2.45) is 0 Å². The van der Waals surface area contributed by atoms with Crippen LogP contribution in [0, 0.1) is 0 Å². The van der Waals surface area contributed by atoms with Gasteiger partial charge in [-0.25, -0.2) is 0 Å². The van der Waals surface area contributed by atoms with Gasteiger partial charge in [-0.3, -0.25) is 0 Å². The Labute approximate surface area is 121 Å². The van der Waals surface area contributed by atoms with Gasteiger partial charge in [0.1, 0.15) is 0 Å². The number of rotatable bonds is 5. The predicted molar refractivity (Wildman–Crippen MR) is 83.3 cm³/mol. The van der Waals surface area contributed by atoms with Crippen molar-refractivity contribution in [2.45, 2.75) is 64.5 Å². The van der Waals surface area contributed by atoms with Crippen LogP contribution in [0.2, 0.25) is 0 Å². The molecule has 1 aromatic heterocycles. The summed E-state index contributed by atoms with van der Waals surface area (Å²) in [6.45, 7) is 7.71. The highest BCUT2D eigenvalue weighted by Crippen LogP contribution is 2.37. The molecule has 1 saturated heterocycles. The van der Waals surface area contributed by atoms with Crippen LogP contribution in [0.5, 0.6) is 0 Å². The minimum absolute atomic E-state index is 0.633. The Morgan fingerprint density at radius 1 is 1.32 bits per heavy atom. The second kappa shape index (κ2) is 6.87. The number of hydrogen-bond donors (Lipinski definition) is 1. The summed E-state index contributed by atoms with van der Waals surface area (Å²) in [6.07, 6.45) is 4.76. The monoisotopic (exact) mass is 281 g/mol. The molecule has 1 N–H and O–H groups in total. The fourth-order valence-corrected chi connectivity index (χ4v) is 4.41. The molecular weight excluding hydrogens is 254 g/mol. The summed E-state index contributed by atoms with van der Waals surface area (Å²) in [7, 11) is 1.79. The van der Waals surface area contributed by atoms with Crippen molar-refractivity contribution in [1.29, 1.82) is 0 Å². The van der Waals surface area contributed by atoms with Gasteiger partial charge in [-0.2, -0.15) is 0 Å². The fourth-order valence-electron chi connectivity index (χ4n) is 3.24. The van der Waals surface area contributed by atoms with E-state index in [1.165, 1.54) is 17.7 Å². The Balaban J connectivity index is 2.18. The molecule has 0 aromatic carbocycles. The third kappa shape index (κ3) is 3.80. The van der Waals surface area contributed by atoms with E-state index in [2.05, 4.69) is 32.2 Å². The Morgan fingerprint density at radius 3 is 2.58 bits per heavy atom. The summed E-state index contributed by atoms with van der Waals surface area (Å²) in [5.74, 6) is 0.731. The first-order valence-corrected chi connectivity index (χ1v) is 8.32. The van der Waals surface area contributed by atoms with Crippen molar-refractivity contribution < 1.29 is 4.74 Å². The summed E-state index contributed by atoms with van der Waals surface area (Å²) in [6, 6.07) is 3.73. The summed E-state index contributed by atoms with van der Waals surface area (Å²) in [5, 5.41) is 3.64. The summed E-state index contributed by atoms with van der Waals surface area (Å²) < 4.78 is 5.27. The Kier molecular flexibility index (Phi) is 5.43. The molecule has 0 spiro atoms. The van der Waals surface area contributed by atoms with Gasteiger partial charge in [-0.15, -0.1) is 11.3 Å². The van der Waals surface area contributed by atoms with E-state index < -0.39 is 0 Å². The second-order valence-electron chi connectivity index (χ2n) is 5.82. The lowest BCUT2D eigenvalue weighted by Crippen LogP contribution is -2.41. The molecule has 0 radical (unpaired) electrons. The van der Waals surface area contributed by atoms with Gasteiger partial charge in [0.05, 0.1) is 6.61 Å². The highest BCUT2D eigenvalue weighted by molar-refractivity contribution is 7.12. The van der Waals surface area contributed by atoms with E-state index in [4.69, 9.17) is 4.74 Å². The number of hydrogen-bond acceptors (Lipinski definition) is 3. The third-order valence-electron chi connectivity index (χ3n) is 4.06. The van der Waals surface area contributed by atoms with Crippen molar-refractivity contribution in [2.75, 3.05) is 13.7 Å². The Bertz CT molecular complexity index is 391. The van der Waals surface area contributed by atoms with Gasteiger partial charge in [0.25, 0.3) is 0 Å². The summed E-state index contributed by atoms with van der Waals surface area (Å²) >= 11 is 2.00. The maximum atomic E-state index is 5.27. The average Bonchev–Trinajstić information content (AvgIpc) is 2.78. The maximum Gasteiger partial charge on any atom is 0.0510 e. The zero-order valence-electron chi connectivity index (χ0n) is 12.7. The van der Waals surface area contributed by atoms with Crippen LogP contribution in [-0.2, 0) is 17.6 Å². The summed E-state index contributed by atoms with van der Waals surface area (Å²) in [5.41, 5.74) is 1.61. The molecule has 0 aliphatic carbocycles. The number of methoxy groups -OCH3 is 1. The molecule has 3 heteroatoms. The van der Waals surface area contributed by atoms with E-state index >= 15 is 0 Å². The molecule has 1 aliphatic rings. The van der Waals surface area contributed by atoms with E-state index in [9.17, 15) is 0 Å². The first-order valence-electron chi connectivity index (χ1n) is 7.50. The fraction of sp³-hybridized carbons (Fsp3) is 0.750. The third-order valence-corrected chi connectivity index (χ3v) is 5.41. The highest BCUT2D eigenvalue weighted by atomic mass is 32.1. The molecule has 108 valence electrons. The summed E-state index contributed by atoms with van der Waals surface area (Å²) in [4.78, 5) is 3.09. The number of thiophene rings is 1. The average molecular weight is 281 g/mol. The SMILES string of the molecule is CCc1cc(C2CC(C)NC(C)C2)c(CCOC)s1. The lowest BCUT2D eigenvalue weighted by atomic mass is 9.83. The zero-order valence-corrected chi connectivity index (χ0v) is 13.5. The van der Waals surface area contributed by atoms with E-state index in [1.54, 1.807) is 17.6 Å². The number of piperidine rings is 1. The molecule has 0 amide bonds. The first-order chi connectivity index (χ1) is 9.13. The molecule has 1 fully saturated rings. The smallest absolute Gasteiger partial charge is 0.0510 e. The molecule has 0 bridgehead atoms. The van der Waals surface area contributed by atoms with Gasteiger partial charge in [0.2, 0.25) is 0 Å². The van der Waals surface area contributed by atoms with Crippen LogP contribution in [0.1, 0.15) is 54.8 Å². The van der Waals surface area contributed by atoms with E-state index in [1.807, 2.05) is 11.3 Å². The van der Waals surface area contributed by atoms with E-state index in [-0.39, 0.29) is 0 Å². The molecule has 1 aromatic rings. The van der Waals surface area contributed by atoms with Crippen molar-refractivity contribution in [3.8, 4) is 0 Å². The van der Waals surface area contributed by atoms with Crippen LogP contribution >= 0.6 is 11.3 Å². The minimum Gasteiger partial charge on any atom is -0.384 e. The van der Waals surface area contributed by atoms with Crippen LogP contribution in [0.4, 0.5) is 0 Å². The second-order valence-corrected chi connectivity index (χ2v) is 7.05. The molecule has 2 unspecified atom stereocenters. The van der Waals surface area contributed by atoms with Crippen LogP contribution in [0.25, 0.3) is 0 Å². The normalized spacial score (nSPS) is 27.7. The standard InChI is InChI=1S/C16H27NOS/c1-5-14-10-15(16(19-14)6-7-18-4)13-8-11(2)17-12(3)9-13/h10-13,17H,5-9H2,1-4H3. The van der Waals surface area contributed by atoms with Crippen molar-refractivity contribution in [1.82, 2.24) is 5.32 Å². The number of nitrogens with one attached hydrogen (secondary N) is 1. The van der Waals surface area contributed by atoms with Crippen LogP contribution in [0.15, 0.2) is 6.07 Å². The molecule has 2 nitrogen and oxygen atoms in total. The van der Waals surface area contributed by atoms with Crippen LogP contribution in [0.3, 0.4) is 0 Å². The largest absolute Gasteiger partial charge is 0.384 e. The van der Waals surface area contributed by atoms with Crippen molar-refractivity contribution in [3.63, 3.8) is 0 Å². The van der Waals surface area contributed by atoms with Crippen molar-refractivity contribution >= 4 is 11.3 Å². The first kappa shape index (κ1) is 15.0. The van der Waals surface area contributed by atoms with Gasteiger partial charge >= 0.3 is 0 Å². The zero-order chi connectivity index (χ0) is 13.8. The Hall–Kier alpha value is -0.380. The molecule has 2 heterocycles.